The summed E-state index contributed by atoms with van der Waals surface area (Å²) in [6, 6.07) is 3.02. The molecule has 0 aliphatic rings. The lowest BCUT2D eigenvalue weighted by molar-refractivity contribution is 0.476. The molecule has 0 amide bonds. The van der Waals surface area contributed by atoms with E-state index in [1.807, 2.05) is 0 Å². The maximum atomic E-state index is 9.17. The van der Waals surface area contributed by atoms with E-state index in [9.17, 15) is 0 Å². The zero-order valence-electron chi connectivity index (χ0n) is 5.81. The minimum absolute atomic E-state index is 0.117. The molecule has 0 atom stereocenters. The Morgan fingerprint density at radius 2 is 2.25 bits per heavy atom. The summed E-state index contributed by atoms with van der Waals surface area (Å²) in [7, 11) is 0. The van der Waals surface area contributed by atoms with Gasteiger partial charge in [0.1, 0.15) is 10.4 Å². The molecule has 0 aliphatic heterocycles. The van der Waals surface area contributed by atoms with Crippen LogP contribution in [-0.4, -0.2) is 15.3 Å². The highest BCUT2D eigenvalue weighted by Crippen LogP contribution is 2.31. The van der Waals surface area contributed by atoms with Crippen LogP contribution in [0.1, 0.15) is 0 Å². The Balaban J connectivity index is 2.93. The van der Waals surface area contributed by atoms with Crippen LogP contribution in [0.3, 0.4) is 0 Å². The number of nitrogens with zero attached hydrogens (tertiary/aromatic N) is 1. The Morgan fingerprint density at radius 3 is 3.00 bits per heavy atom. The van der Waals surface area contributed by atoms with Gasteiger partial charge in [0.15, 0.2) is 0 Å². The maximum absolute atomic E-state index is 9.17. The molecule has 12 heavy (non-hydrogen) atoms. The fraction of sp³-hybridized carbons (Fsp3) is 0. The lowest BCUT2D eigenvalue weighted by Gasteiger charge is -1.94. The summed E-state index contributed by atoms with van der Waals surface area (Å²) in [5.74, 6) is 0.117. The Bertz CT molecular complexity index is 440. The molecule has 0 saturated carbocycles. The van der Waals surface area contributed by atoms with Crippen LogP contribution in [0.15, 0.2) is 16.7 Å². The van der Waals surface area contributed by atoms with E-state index in [1.54, 1.807) is 6.07 Å². The summed E-state index contributed by atoms with van der Waals surface area (Å²) in [4.78, 5) is 0. The molecular weight excluding hydrogens is 243 g/mol. The number of aromatic amines is 1. The lowest BCUT2D eigenvalue weighted by atomic mass is 10.2. The summed E-state index contributed by atoms with van der Waals surface area (Å²) in [5, 5.41) is 17.1. The number of H-pyrrole nitrogens is 1. The standard InChI is InChI=1S/C7H4BrClN2O/c8-7-6-4(9)1-3(12)2-5(6)10-11-7/h1-2,12H,(H,10,11). The molecule has 1 heterocycles. The number of phenolic OH excluding ortho intramolecular Hbond substituents is 1. The largest absolute Gasteiger partial charge is 0.508 e. The van der Waals surface area contributed by atoms with Crippen molar-refractivity contribution in [2.75, 3.05) is 0 Å². The van der Waals surface area contributed by atoms with Gasteiger partial charge in [0.25, 0.3) is 0 Å². The van der Waals surface area contributed by atoms with Crippen LogP contribution >= 0.6 is 27.5 Å². The molecule has 0 unspecified atom stereocenters. The monoisotopic (exact) mass is 246 g/mol. The molecule has 1 aromatic heterocycles. The lowest BCUT2D eigenvalue weighted by Crippen LogP contribution is -1.70. The zero-order chi connectivity index (χ0) is 8.72. The third-order valence-electron chi connectivity index (χ3n) is 1.55. The number of rotatable bonds is 0. The third kappa shape index (κ3) is 1.07. The predicted octanol–water partition coefficient (Wildman–Crippen LogP) is 2.68. The van der Waals surface area contributed by atoms with Gasteiger partial charge in [-0.25, -0.2) is 0 Å². The van der Waals surface area contributed by atoms with E-state index < -0.39 is 0 Å². The quantitative estimate of drug-likeness (QED) is 0.752. The number of hydrogen-bond donors (Lipinski definition) is 2. The molecule has 0 fully saturated rings. The Hall–Kier alpha value is -0.740. The first-order chi connectivity index (χ1) is 5.68. The summed E-state index contributed by atoms with van der Waals surface area (Å²) >= 11 is 9.12. The van der Waals surface area contributed by atoms with Crippen LogP contribution in [0, 0.1) is 0 Å². The highest BCUT2D eigenvalue weighted by Gasteiger charge is 2.07. The van der Waals surface area contributed by atoms with Gasteiger partial charge in [0.05, 0.1) is 15.9 Å². The number of nitrogens with one attached hydrogen (secondary N) is 1. The van der Waals surface area contributed by atoms with Crippen LogP contribution in [0.25, 0.3) is 10.9 Å². The van der Waals surface area contributed by atoms with Gasteiger partial charge in [-0.15, -0.1) is 0 Å². The summed E-state index contributed by atoms with van der Waals surface area (Å²) in [5.41, 5.74) is 0.645. The van der Waals surface area contributed by atoms with E-state index >= 15 is 0 Å². The molecule has 5 heteroatoms. The van der Waals surface area contributed by atoms with Gasteiger partial charge in [-0.05, 0) is 22.0 Å². The Kier molecular flexibility index (Phi) is 1.73. The van der Waals surface area contributed by atoms with E-state index in [0.717, 1.165) is 9.99 Å². The maximum Gasteiger partial charge on any atom is 0.119 e. The number of hydrogen-bond acceptors (Lipinski definition) is 2. The van der Waals surface area contributed by atoms with Crippen molar-refractivity contribution in [1.82, 2.24) is 10.2 Å². The smallest absolute Gasteiger partial charge is 0.119 e. The highest BCUT2D eigenvalue weighted by molar-refractivity contribution is 9.10. The summed E-state index contributed by atoms with van der Waals surface area (Å²) in [6.45, 7) is 0. The zero-order valence-corrected chi connectivity index (χ0v) is 8.15. The molecule has 2 aromatic rings. The van der Waals surface area contributed by atoms with E-state index in [0.29, 0.717) is 10.5 Å². The van der Waals surface area contributed by atoms with Crippen molar-refractivity contribution in [3.63, 3.8) is 0 Å². The van der Waals surface area contributed by atoms with Crippen LogP contribution in [0.2, 0.25) is 5.02 Å². The minimum atomic E-state index is 0.117. The Morgan fingerprint density at radius 1 is 1.50 bits per heavy atom. The van der Waals surface area contributed by atoms with Gasteiger partial charge < -0.3 is 5.11 Å². The van der Waals surface area contributed by atoms with Crippen LogP contribution in [-0.2, 0) is 0 Å². The number of aromatic hydroxyl groups is 1. The van der Waals surface area contributed by atoms with Gasteiger partial charge in [0.2, 0.25) is 0 Å². The molecule has 62 valence electrons. The number of aromatic nitrogens is 2. The normalized spacial score (nSPS) is 10.8. The number of halogens is 2. The molecule has 1 aromatic carbocycles. The summed E-state index contributed by atoms with van der Waals surface area (Å²) < 4.78 is 0.725. The van der Waals surface area contributed by atoms with Crippen molar-refractivity contribution in [3.8, 4) is 5.75 Å². The van der Waals surface area contributed by atoms with Gasteiger partial charge in [0, 0.05) is 6.07 Å². The molecule has 2 N–H and O–H groups in total. The van der Waals surface area contributed by atoms with Crippen molar-refractivity contribution < 1.29 is 5.11 Å². The van der Waals surface area contributed by atoms with E-state index in [-0.39, 0.29) is 5.75 Å². The molecule has 0 spiro atoms. The molecular formula is C7H4BrClN2O. The van der Waals surface area contributed by atoms with Crippen molar-refractivity contribution in [3.05, 3.63) is 21.8 Å². The van der Waals surface area contributed by atoms with Crippen molar-refractivity contribution >= 4 is 38.4 Å². The van der Waals surface area contributed by atoms with Gasteiger partial charge in [-0.3, -0.25) is 5.10 Å². The second kappa shape index (κ2) is 2.64. The summed E-state index contributed by atoms with van der Waals surface area (Å²) in [6.07, 6.45) is 0. The van der Waals surface area contributed by atoms with Crippen LogP contribution < -0.4 is 0 Å². The second-order valence-corrected chi connectivity index (χ2v) is 3.56. The average Bonchev–Trinajstić information content (AvgIpc) is 2.31. The third-order valence-corrected chi connectivity index (χ3v) is 2.42. The van der Waals surface area contributed by atoms with Crippen molar-refractivity contribution in [1.29, 1.82) is 0 Å². The second-order valence-electron chi connectivity index (χ2n) is 2.36. The fourth-order valence-corrected chi connectivity index (χ4v) is 1.97. The number of phenols is 1. The molecule has 0 radical (unpaired) electrons. The molecule has 0 aliphatic carbocycles. The average molecular weight is 247 g/mol. The molecule has 3 nitrogen and oxygen atoms in total. The fourth-order valence-electron chi connectivity index (χ4n) is 1.05. The first-order valence-corrected chi connectivity index (χ1v) is 4.37. The molecule has 2 rings (SSSR count). The highest BCUT2D eigenvalue weighted by atomic mass is 79.9. The molecule has 0 bridgehead atoms. The number of fused-ring (bicyclic) bond motifs is 1. The van der Waals surface area contributed by atoms with Crippen molar-refractivity contribution in [2.45, 2.75) is 0 Å². The van der Waals surface area contributed by atoms with E-state index in [4.69, 9.17) is 16.7 Å². The predicted molar refractivity (Wildman–Crippen MR) is 50.5 cm³/mol. The van der Waals surface area contributed by atoms with E-state index in [1.165, 1.54) is 6.07 Å². The Labute approximate surface area is 81.5 Å². The van der Waals surface area contributed by atoms with Crippen LogP contribution in [0.4, 0.5) is 0 Å². The SMILES string of the molecule is Oc1cc(Cl)c2c(Br)[nH]nc2c1. The first-order valence-electron chi connectivity index (χ1n) is 3.20. The molecule has 0 saturated heterocycles. The topological polar surface area (TPSA) is 48.9 Å². The number of benzene rings is 1. The van der Waals surface area contributed by atoms with E-state index in [2.05, 4.69) is 26.1 Å². The first kappa shape index (κ1) is 7.89. The van der Waals surface area contributed by atoms with Gasteiger partial charge >= 0.3 is 0 Å². The van der Waals surface area contributed by atoms with Gasteiger partial charge in [-0.1, -0.05) is 11.6 Å². The van der Waals surface area contributed by atoms with Crippen LogP contribution in [0.5, 0.6) is 5.75 Å². The van der Waals surface area contributed by atoms with Crippen molar-refractivity contribution in [2.24, 2.45) is 0 Å². The van der Waals surface area contributed by atoms with Gasteiger partial charge in [-0.2, -0.15) is 5.10 Å². The minimum Gasteiger partial charge on any atom is -0.508 e.